The molecule has 0 bridgehead atoms. The van der Waals surface area contributed by atoms with Crippen LogP contribution in [0.4, 0.5) is 11.4 Å². The van der Waals surface area contributed by atoms with Gasteiger partial charge in [0.05, 0.1) is 13.2 Å². The van der Waals surface area contributed by atoms with Gasteiger partial charge in [0.25, 0.3) is 5.89 Å². The highest BCUT2D eigenvalue weighted by molar-refractivity contribution is 5.91. The van der Waals surface area contributed by atoms with E-state index in [9.17, 15) is 4.79 Å². The van der Waals surface area contributed by atoms with Crippen molar-refractivity contribution in [2.24, 2.45) is 0 Å². The van der Waals surface area contributed by atoms with E-state index < -0.39 is 0 Å². The largest absolute Gasteiger partial charge is 0.378 e. The molecule has 0 spiro atoms. The molecule has 0 saturated carbocycles. The summed E-state index contributed by atoms with van der Waals surface area (Å²) in [6.07, 6.45) is 3.32. The van der Waals surface area contributed by atoms with Crippen LogP contribution in [-0.4, -0.2) is 53.9 Å². The Kier molecular flexibility index (Phi) is 6.08. The van der Waals surface area contributed by atoms with Gasteiger partial charge < -0.3 is 24.2 Å². The Morgan fingerprint density at radius 2 is 2.00 bits per heavy atom. The predicted molar refractivity (Wildman–Crippen MR) is 105 cm³/mol. The number of hydrogen-bond donors (Lipinski definition) is 1. The summed E-state index contributed by atoms with van der Waals surface area (Å²) in [5.41, 5.74) is 2.58. The molecule has 1 aliphatic rings. The summed E-state index contributed by atoms with van der Waals surface area (Å²) in [6, 6.07) is 11.3. The third kappa shape index (κ3) is 5.15. The molecular weight excluding hydrogens is 374 g/mol. The molecule has 0 atom stereocenters. The number of anilines is 2. The molecule has 0 unspecified atom stereocenters. The molecule has 9 nitrogen and oxygen atoms in total. The number of hydrogen-bond acceptors (Lipinski definition) is 8. The fourth-order valence-electron chi connectivity index (χ4n) is 2.93. The SMILES string of the molecule is O=C(COCc1nc(-c2cccnc2)no1)Nc1ccc(N2CCOCC2)cc1. The van der Waals surface area contributed by atoms with Crippen LogP contribution in [0.1, 0.15) is 5.89 Å². The lowest BCUT2D eigenvalue weighted by molar-refractivity contribution is -0.121. The molecular formula is C20H21N5O4. The molecule has 4 rings (SSSR count). The molecule has 150 valence electrons. The highest BCUT2D eigenvalue weighted by atomic mass is 16.5. The lowest BCUT2D eigenvalue weighted by Crippen LogP contribution is -2.36. The molecule has 0 radical (unpaired) electrons. The molecule has 1 aliphatic heterocycles. The summed E-state index contributed by atoms with van der Waals surface area (Å²) in [7, 11) is 0. The Morgan fingerprint density at radius 3 is 2.76 bits per heavy atom. The molecule has 3 heterocycles. The number of nitrogens with zero attached hydrogens (tertiary/aromatic N) is 4. The summed E-state index contributed by atoms with van der Waals surface area (Å²) in [5.74, 6) is 0.476. The third-order valence-electron chi connectivity index (χ3n) is 4.37. The number of carbonyl (C=O) groups excluding carboxylic acids is 1. The molecule has 1 aromatic carbocycles. The molecule has 1 amide bonds. The highest BCUT2D eigenvalue weighted by Gasteiger charge is 2.12. The summed E-state index contributed by atoms with van der Waals surface area (Å²) in [6.45, 7) is 3.15. The van der Waals surface area contributed by atoms with E-state index in [0.717, 1.165) is 37.6 Å². The topological polar surface area (TPSA) is 103 Å². The van der Waals surface area contributed by atoms with Gasteiger partial charge in [0, 0.05) is 42.4 Å². The van der Waals surface area contributed by atoms with Crippen molar-refractivity contribution < 1.29 is 18.8 Å². The molecule has 29 heavy (non-hydrogen) atoms. The minimum atomic E-state index is -0.254. The smallest absolute Gasteiger partial charge is 0.252 e. The summed E-state index contributed by atoms with van der Waals surface area (Å²) in [5, 5.41) is 6.69. The first-order chi connectivity index (χ1) is 14.3. The minimum Gasteiger partial charge on any atom is -0.378 e. The summed E-state index contributed by atoms with van der Waals surface area (Å²) >= 11 is 0. The first-order valence-electron chi connectivity index (χ1n) is 9.31. The molecule has 0 aliphatic carbocycles. The number of benzene rings is 1. The summed E-state index contributed by atoms with van der Waals surface area (Å²) in [4.78, 5) is 22.6. The second-order valence-electron chi connectivity index (χ2n) is 6.44. The molecule has 1 N–H and O–H groups in total. The van der Waals surface area contributed by atoms with Gasteiger partial charge in [-0.25, -0.2) is 0 Å². The molecule has 2 aromatic heterocycles. The van der Waals surface area contributed by atoms with Crippen LogP contribution < -0.4 is 10.2 Å². The van der Waals surface area contributed by atoms with Gasteiger partial charge in [-0.1, -0.05) is 5.16 Å². The van der Waals surface area contributed by atoms with Crippen molar-refractivity contribution in [1.29, 1.82) is 0 Å². The van der Waals surface area contributed by atoms with Crippen LogP contribution in [0.5, 0.6) is 0 Å². The maximum Gasteiger partial charge on any atom is 0.252 e. The van der Waals surface area contributed by atoms with Gasteiger partial charge in [0.1, 0.15) is 13.2 Å². The number of ether oxygens (including phenoxy) is 2. The van der Waals surface area contributed by atoms with Gasteiger partial charge in [-0.15, -0.1) is 0 Å². The maximum atomic E-state index is 12.1. The van der Waals surface area contributed by atoms with E-state index in [-0.39, 0.29) is 19.1 Å². The minimum absolute atomic E-state index is 0.0522. The number of rotatable bonds is 7. The van der Waals surface area contributed by atoms with Crippen LogP contribution >= 0.6 is 0 Å². The van der Waals surface area contributed by atoms with Gasteiger partial charge in [-0.3, -0.25) is 9.78 Å². The number of aromatic nitrogens is 3. The number of morpholine rings is 1. The van der Waals surface area contributed by atoms with Crippen LogP contribution in [0.25, 0.3) is 11.4 Å². The van der Waals surface area contributed by atoms with Crippen LogP contribution in [0, 0.1) is 0 Å². The Morgan fingerprint density at radius 1 is 1.17 bits per heavy atom. The van der Waals surface area contributed by atoms with E-state index in [1.807, 2.05) is 30.3 Å². The second-order valence-corrected chi connectivity index (χ2v) is 6.44. The Balaban J connectivity index is 1.22. The maximum absolute atomic E-state index is 12.1. The highest BCUT2D eigenvalue weighted by Crippen LogP contribution is 2.19. The van der Waals surface area contributed by atoms with Crippen molar-refractivity contribution >= 4 is 17.3 Å². The fourth-order valence-corrected chi connectivity index (χ4v) is 2.93. The molecule has 3 aromatic rings. The standard InChI is InChI=1S/C20H21N5O4/c26-18(22-16-3-5-17(6-4-16)25-8-10-27-11-9-25)13-28-14-19-23-20(24-29-19)15-2-1-7-21-12-15/h1-7,12H,8-11,13-14H2,(H,22,26). The van der Waals surface area contributed by atoms with Crippen molar-refractivity contribution in [3.63, 3.8) is 0 Å². The van der Waals surface area contributed by atoms with E-state index in [1.165, 1.54) is 0 Å². The van der Waals surface area contributed by atoms with Gasteiger partial charge in [-0.05, 0) is 36.4 Å². The zero-order chi connectivity index (χ0) is 19.9. The first-order valence-corrected chi connectivity index (χ1v) is 9.31. The molecule has 9 heteroatoms. The van der Waals surface area contributed by atoms with Crippen molar-refractivity contribution in [3.8, 4) is 11.4 Å². The second kappa shape index (κ2) is 9.26. The van der Waals surface area contributed by atoms with Crippen molar-refractivity contribution in [3.05, 3.63) is 54.7 Å². The number of nitrogens with one attached hydrogen (secondary N) is 1. The number of amides is 1. The third-order valence-corrected chi connectivity index (χ3v) is 4.37. The average molecular weight is 395 g/mol. The van der Waals surface area contributed by atoms with E-state index in [0.29, 0.717) is 17.4 Å². The Hall–Kier alpha value is -3.30. The molecule has 1 saturated heterocycles. The average Bonchev–Trinajstić information content (AvgIpc) is 3.24. The van der Waals surface area contributed by atoms with Gasteiger partial charge in [0.2, 0.25) is 11.7 Å². The van der Waals surface area contributed by atoms with E-state index in [2.05, 4.69) is 25.3 Å². The predicted octanol–water partition coefficient (Wildman–Crippen LogP) is 2.12. The Labute approximate surface area is 167 Å². The zero-order valence-electron chi connectivity index (χ0n) is 15.8. The number of carbonyl (C=O) groups is 1. The lowest BCUT2D eigenvalue weighted by Gasteiger charge is -2.28. The van der Waals surface area contributed by atoms with Gasteiger partial charge in [0.15, 0.2) is 0 Å². The van der Waals surface area contributed by atoms with Crippen LogP contribution in [0.15, 0.2) is 53.3 Å². The van der Waals surface area contributed by atoms with Gasteiger partial charge >= 0.3 is 0 Å². The lowest BCUT2D eigenvalue weighted by atomic mass is 10.2. The van der Waals surface area contributed by atoms with Crippen molar-refractivity contribution in [2.75, 3.05) is 43.1 Å². The number of pyridine rings is 1. The quantitative estimate of drug-likeness (QED) is 0.649. The zero-order valence-corrected chi connectivity index (χ0v) is 15.8. The van der Waals surface area contributed by atoms with E-state index >= 15 is 0 Å². The van der Waals surface area contributed by atoms with Crippen LogP contribution in [0.3, 0.4) is 0 Å². The van der Waals surface area contributed by atoms with Crippen molar-refractivity contribution in [1.82, 2.24) is 15.1 Å². The van der Waals surface area contributed by atoms with E-state index in [4.69, 9.17) is 14.0 Å². The fraction of sp³-hybridized carbons (Fsp3) is 0.300. The summed E-state index contributed by atoms with van der Waals surface area (Å²) < 4.78 is 15.9. The molecule has 1 fully saturated rings. The van der Waals surface area contributed by atoms with Gasteiger partial charge in [-0.2, -0.15) is 4.98 Å². The Bertz CT molecular complexity index is 924. The normalized spacial score (nSPS) is 14.0. The van der Waals surface area contributed by atoms with Crippen LogP contribution in [-0.2, 0) is 20.9 Å². The van der Waals surface area contributed by atoms with Crippen LogP contribution in [0.2, 0.25) is 0 Å². The first kappa shape index (κ1) is 19.0. The van der Waals surface area contributed by atoms with E-state index in [1.54, 1.807) is 18.5 Å². The van der Waals surface area contributed by atoms with Crippen molar-refractivity contribution in [2.45, 2.75) is 6.61 Å². The monoisotopic (exact) mass is 395 g/mol.